The van der Waals surface area contributed by atoms with Crippen molar-refractivity contribution in [3.63, 3.8) is 0 Å². The summed E-state index contributed by atoms with van der Waals surface area (Å²) in [7, 11) is 0. The van der Waals surface area contributed by atoms with Crippen molar-refractivity contribution in [2.45, 2.75) is 19.4 Å². The number of hydrogen-bond donors (Lipinski definition) is 2. The summed E-state index contributed by atoms with van der Waals surface area (Å²) in [5, 5.41) is 11.7. The van der Waals surface area contributed by atoms with Crippen LogP contribution in [0.3, 0.4) is 0 Å². The number of hydrogen-bond acceptors (Lipinski definition) is 5. The van der Waals surface area contributed by atoms with Crippen LogP contribution in [0.2, 0.25) is 0 Å². The molecule has 0 aliphatic carbocycles. The van der Waals surface area contributed by atoms with Gasteiger partial charge < -0.3 is 14.7 Å². The zero-order valence-corrected chi connectivity index (χ0v) is 11.5. The first-order chi connectivity index (χ1) is 10.0. The molecule has 2 N–H and O–H groups in total. The Kier molecular flexibility index (Phi) is 4.42. The molecule has 0 radical (unpaired) electrons. The van der Waals surface area contributed by atoms with E-state index < -0.39 is 23.8 Å². The Labute approximate surface area is 121 Å². The first-order valence-electron chi connectivity index (χ1n) is 6.57. The number of benzene rings is 1. The smallest absolute Gasteiger partial charge is 0.261 e. The molecule has 1 saturated heterocycles. The molecule has 1 heterocycles. The number of phenols is 1. The number of carbonyl (C=O) groups excluding carboxylic acids is 3. The minimum atomic E-state index is -0.678. The number of para-hydroxylation sites is 2. The largest absolute Gasteiger partial charge is 0.504 e. The first kappa shape index (κ1) is 14.8. The molecule has 1 aromatic carbocycles. The van der Waals surface area contributed by atoms with Crippen LogP contribution in [0.15, 0.2) is 24.3 Å². The molecule has 0 aromatic heterocycles. The number of piperazine rings is 1. The fourth-order valence-corrected chi connectivity index (χ4v) is 2.14. The molecule has 1 aliphatic heterocycles. The van der Waals surface area contributed by atoms with E-state index in [-0.39, 0.29) is 24.7 Å². The summed E-state index contributed by atoms with van der Waals surface area (Å²) >= 11 is 0. The lowest BCUT2D eigenvalue weighted by Crippen LogP contribution is -2.60. The van der Waals surface area contributed by atoms with Gasteiger partial charge in [-0.05, 0) is 18.6 Å². The van der Waals surface area contributed by atoms with E-state index in [1.165, 1.54) is 17.0 Å². The summed E-state index contributed by atoms with van der Waals surface area (Å²) in [6, 6.07) is 5.57. The summed E-state index contributed by atoms with van der Waals surface area (Å²) in [6.07, 6.45) is 0.404. The normalized spacial score (nSPS) is 18.3. The molecule has 0 bridgehead atoms. The second-order valence-corrected chi connectivity index (χ2v) is 4.61. The van der Waals surface area contributed by atoms with Gasteiger partial charge in [-0.1, -0.05) is 19.1 Å². The van der Waals surface area contributed by atoms with Crippen LogP contribution in [0.1, 0.15) is 13.3 Å². The Bertz CT molecular complexity index is 572. The highest BCUT2D eigenvalue weighted by Crippen LogP contribution is 2.24. The van der Waals surface area contributed by atoms with Gasteiger partial charge in [-0.25, -0.2) is 0 Å². The second-order valence-electron chi connectivity index (χ2n) is 4.61. The first-order valence-corrected chi connectivity index (χ1v) is 6.57. The van der Waals surface area contributed by atoms with Gasteiger partial charge in [0.05, 0.1) is 0 Å². The van der Waals surface area contributed by atoms with Gasteiger partial charge in [-0.2, -0.15) is 0 Å². The Hall–Kier alpha value is -2.57. The van der Waals surface area contributed by atoms with Gasteiger partial charge in [-0.3, -0.25) is 19.7 Å². The van der Waals surface area contributed by atoms with Gasteiger partial charge in [0.25, 0.3) is 5.91 Å². The number of nitrogens with one attached hydrogen (secondary N) is 1. The number of amides is 3. The Morgan fingerprint density at radius 3 is 2.81 bits per heavy atom. The highest BCUT2D eigenvalue weighted by atomic mass is 16.5. The van der Waals surface area contributed by atoms with E-state index in [1.54, 1.807) is 19.1 Å². The zero-order chi connectivity index (χ0) is 15.4. The Morgan fingerprint density at radius 1 is 1.43 bits per heavy atom. The monoisotopic (exact) mass is 292 g/mol. The Morgan fingerprint density at radius 2 is 2.14 bits per heavy atom. The molecule has 7 nitrogen and oxygen atoms in total. The lowest BCUT2D eigenvalue weighted by atomic mass is 10.1. The zero-order valence-electron chi connectivity index (χ0n) is 11.5. The maximum Gasteiger partial charge on any atom is 0.261 e. The van der Waals surface area contributed by atoms with Crippen molar-refractivity contribution in [3.05, 3.63) is 24.3 Å². The molecule has 21 heavy (non-hydrogen) atoms. The maximum atomic E-state index is 12.1. The molecule has 1 fully saturated rings. The third-order valence-electron chi connectivity index (χ3n) is 3.18. The average molecular weight is 292 g/mol. The molecule has 2 rings (SSSR count). The molecule has 1 aromatic rings. The minimum Gasteiger partial charge on any atom is -0.504 e. The van der Waals surface area contributed by atoms with Crippen molar-refractivity contribution >= 4 is 17.7 Å². The number of nitrogens with zero attached hydrogens (tertiary/aromatic N) is 1. The van der Waals surface area contributed by atoms with E-state index in [4.69, 9.17) is 4.74 Å². The van der Waals surface area contributed by atoms with Crippen molar-refractivity contribution in [2.24, 2.45) is 0 Å². The summed E-state index contributed by atoms with van der Waals surface area (Å²) < 4.78 is 5.23. The van der Waals surface area contributed by atoms with Crippen LogP contribution in [-0.2, 0) is 14.4 Å². The van der Waals surface area contributed by atoms with Crippen LogP contribution in [0.4, 0.5) is 0 Å². The van der Waals surface area contributed by atoms with E-state index >= 15 is 0 Å². The molecule has 3 amide bonds. The van der Waals surface area contributed by atoms with Gasteiger partial charge >= 0.3 is 0 Å². The number of ether oxygens (including phenoxy) is 1. The topological polar surface area (TPSA) is 95.9 Å². The van der Waals surface area contributed by atoms with Crippen molar-refractivity contribution < 1.29 is 24.2 Å². The summed E-state index contributed by atoms with van der Waals surface area (Å²) in [6.45, 7) is 1.23. The lowest BCUT2D eigenvalue weighted by Gasteiger charge is -2.33. The second kappa shape index (κ2) is 6.25. The molecule has 0 spiro atoms. The number of aromatic hydroxyl groups is 1. The summed E-state index contributed by atoms with van der Waals surface area (Å²) in [5.41, 5.74) is 0. The van der Waals surface area contributed by atoms with E-state index in [1.807, 2.05) is 0 Å². The molecule has 7 heteroatoms. The predicted octanol–water partition coefficient (Wildman–Crippen LogP) is 0.0346. The average Bonchev–Trinajstić information content (AvgIpc) is 2.45. The predicted molar refractivity (Wildman–Crippen MR) is 72.5 cm³/mol. The molecule has 1 atom stereocenters. The van der Waals surface area contributed by atoms with Crippen LogP contribution >= 0.6 is 0 Å². The quantitative estimate of drug-likeness (QED) is 0.764. The highest BCUT2D eigenvalue weighted by Gasteiger charge is 2.35. The molecule has 0 saturated carbocycles. The van der Waals surface area contributed by atoms with Gasteiger partial charge in [0, 0.05) is 0 Å². The van der Waals surface area contributed by atoms with Crippen LogP contribution in [0.25, 0.3) is 0 Å². The third kappa shape index (κ3) is 3.31. The van der Waals surface area contributed by atoms with Crippen LogP contribution in [-0.4, -0.2) is 46.9 Å². The number of carbonyl (C=O) groups is 3. The van der Waals surface area contributed by atoms with E-state index in [9.17, 15) is 19.5 Å². The van der Waals surface area contributed by atoms with Crippen LogP contribution in [0.5, 0.6) is 11.5 Å². The summed E-state index contributed by atoms with van der Waals surface area (Å²) in [4.78, 5) is 36.4. The molecule has 1 aliphatic rings. The van der Waals surface area contributed by atoms with Crippen molar-refractivity contribution in [1.29, 1.82) is 0 Å². The van der Waals surface area contributed by atoms with E-state index in [0.29, 0.717) is 6.42 Å². The minimum absolute atomic E-state index is 0.0789. The fourth-order valence-electron chi connectivity index (χ4n) is 2.14. The SMILES string of the molecule is CCC1C(=O)NC(=O)CN1C(=O)COc1ccccc1O. The standard InChI is InChI=1S/C14H16N2O5/c1-2-9-14(20)15-12(18)7-16(9)13(19)8-21-11-6-4-3-5-10(11)17/h3-6,9,17H,2,7-8H2,1H3,(H,15,18,20). The fraction of sp³-hybridized carbons (Fsp3) is 0.357. The van der Waals surface area contributed by atoms with Crippen molar-refractivity contribution in [1.82, 2.24) is 10.2 Å². The molecular weight excluding hydrogens is 276 g/mol. The van der Waals surface area contributed by atoms with Crippen molar-refractivity contribution in [2.75, 3.05) is 13.2 Å². The van der Waals surface area contributed by atoms with Crippen LogP contribution < -0.4 is 10.1 Å². The van der Waals surface area contributed by atoms with Crippen LogP contribution in [0, 0.1) is 0 Å². The van der Waals surface area contributed by atoms with Gasteiger partial charge in [0.2, 0.25) is 11.8 Å². The molecular formula is C14H16N2O5. The van der Waals surface area contributed by atoms with Gasteiger partial charge in [0.15, 0.2) is 18.1 Å². The van der Waals surface area contributed by atoms with E-state index in [0.717, 1.165) is 0 Å². The van der Waals surface area contributed by atoms with Crippen molar-refractivity contribution in [3.8, 4) is 11.5 Å². The van der Waals surface area contributed by atoms with E-state index in [2.05, 4.69) is 5.32 Å². The third-order valence-corrected chi connectivity index (χ3v) is 3.18. The maximum absolute atomic E-state index is 12.1. The number of imide groups is 1. The van der Waals surface area contributed by atoms with Gasteiger partial charge in [0.1, 0.15) is 12.6 Å². The van der Waals surface area contributed by atoms with Gasteiger partial charge in [-0.15, -0.1) is 0 Å². The summed E-state index contributed by atoms with van der Waals surface area (Å²) in [5.74, 6) is -1.38. The highest BCUT2D eigenvalue weighted by molar-refractivity contribution is 6.04. The molecule has 112 valence electrons. The Balaban J connectivity index is 2.03. The molecule has 1 unspecified atom stereocenters. The number of phenolic OH excluding ortho intramolecular Hbond substituents is 1. The number of rotatable bonds is 4. The lowest BCUT2D eigenvalue weighted by molar-refractivity contribution is -0.151.